The largest absolute Gasteiger partial charge is 0.351 e. The third-order valence-electron chi connectivity index (χ3n) is 6.05. The molecule has 2 N–H and O–H groups in total. The highest BCUT2D eigenvalue weighted by atomic mass is 16.2. The molecule has 2 aliphatic heterocycles. The monoisotopic (exact) mass is 361 g/mol. The van der Waals surface area contributed by atoms with Gasteiger partial charge < -0.3 is 15.2 Å². The van der Waals surface area contributed by atoms with Gasteiger partial charge in [0, 0.05) is 29.4 Å². The second-order valence-corrected chi connectivity index (χ2v) is 7.91. The minimum Gasteiger partial charge on any atom is -0.351 e. The molecule has 1 aliphatic carbocycles. The number of rotatable bonds is 1. The highest BCUT2D eigenvalue weighted by Gasteiger charge is 2.49. The zero-order valence-corrected chi connectivity index (χ0v) is 14.8. The number of benzene rings is 1. The summed E-state index contributed by atoms with van der Waals surface area (Å²) in [5.74, 6) is -0.0842. The van der Waals surface area contributed by atoms with Gasteiger partial charge in [0.05, 0.1) is 24.3 Å². The van der Waals surface area contributed by atoms with E-state index in [1.165, 1.54) is 0 Å². The molecule has 0 bridgehead atoms. The fourth-order valence-electron chi connectivity index (χ4n) is 4.39. The summed E-state index contributed by atoms with van der Waals surface area (Å²) < 4.78 is 1.87. The van der Waals surface area contributed by atoms with Crippen LogP contribution >= 0.6 is 0 Å². The Morgan fingerprint density at radius 3 is 2.89 bits per heavy atom. The van der Waals surface area contributed by atoms with Gasteiger partial charge in [0.25, 0.3) is 11.8 Å². The quantitative estimate of drug-likeness (QED) is 0.694. The fourth-order valence-corrected chi connectivity index (χ4v) is 4.39. The number of hydrogen-bond acceptors (Lipinski definition) is 3. The summed E-state index contributed by atoms with van der Waals surface area (Å²) in [7, 11) is 0. The molecule has 1 saturated carbocycles. The summed E-state index contributed by atoms with van der Waals surface area (Å²) in [6.07, 6.45) is 2.73. The van der Waals surface area contributed by atoms with Crippen molar-refractivity contribution in [3.05, 3.63) is 53.0 Å². The molecule has 1 fully saturated rings. The molecule has 3 aromatic rings. The minimum absolute atomic E-state index is 0.0355. The van der Waals surface area contributed by atoms with E-state index in [4.69, 9.17) is 0 Å². The summed E-state index contributed by atoms with van der Waals surface area (Å²) in [5, 5.41) is 8.86. The van der Waals surface area contributed by atoms with Crippen molar-refractivity contribution in [2.75, 3.05) is 6.54 Å². The molecule has 4 heterocycles. The molecule has 0 atom stereocenters. The SMILES string of the molecule is O=C1NC2(CC2)Cn2nc3c(c21)CN(C(=O)c1cc2ccccc2[nH]1)CC3. The smallest absolute Gasteiger partial charge is 0.270 e. The van der Waals surface area contributed by atoms with Crippen molar-refractivity contribution in [3.63, 3.8) is 0 Å². The van der Waals surface area contributed by atoms with Crippen molar-refractivity contribution in [2.45, 2.75) is 37.9 Å². The number of hydrogen-bond donors (Lipinski definition) is 2. The first-order valence-electron chi connectivity index (χ1n) is 9.40. The molecule has 27 heavy (non-hydrogen) atoms. The third kappa shape index (κ3) is 2.17. The van der Waals surface area contributed by atoms with E-state index in [-0.39, 0.29) is 17.4 Å². The summed E-state index contributed by atoms with van der Waals surface area (Å²) in [4.78, 5) is 30.7. The zero-order chi connectivity index (χ0) is 18.2. The first-order chi connectivity index (χ1) is 13.1. The van der Waals surface area contributed by atoms with Crippen LogP contribution in [-0.4, -0.2) is 43.6 Å². The maximum atomic E-state index is 13.0. The number of nitrogens with zero attached hydrogens (tertiary/aromatic N) is 3. The number of carbonyl (C=O) groups excluding carboxylic acids is 2. The van der Waals surface area contributed by atoms with E-state index in [9.17, 15) is 9.59 Å². The molecule has 1 aromatic carbocycles. The van der Waals surface area contributed by atoms with Crippen LogP contribution in [-0.2, 0) is 19.5 Å². The van der Waals surface area contributed by atoms with Gasteiger partial charge in [0.15, 0.2) is 0 Å². The second kappa shape index (κ2) is 5.00. The molecular formula is C20H19N5O2. The molecule has 0 saturated heterocycles. The lowest BCUT2D eigenvalue weighted by atomic mass is 10.0. The maximum absolute atomic E-state index is 13.0. The number of aromatic amines is 1. The Morgan fingerprint density at radius 2 is 2.07 bits per heavy atom. The first kappa shape index (κ1) is 15.0. The third-order valence-corrected chi connectivity index (χ3v) is 6.05. The average Bonchev–Trinajstić information content (AvgIpc) is 3.12. The molecule has 7 heteroatoms. The Balaban J connectivity index is 1.33. The first-order valence-corrected chi connectivity index (χ1v) is 9.40. The van der Waals surface area contributed by atoms with Crippen molar-refractivity contribution >= 4 is 22.7 Å². The van der Waals surface area contributed by atoms with Gasteiger partial charge in [-0.25, -0.2) is 0 Å². The Hall–Kier alpha value is -3.09. The summed E-state index contributed by atoms with van der Waals surface area (Å²) >= 11 is 0. The van der Waals surface area contributed by atoms with Crippen LogP contribution in [0.5, 0.6) is 0 Å². The van der Waals surface area contributed by atoms with Crippen molar-refractivity contribution in [1.82, 2.24) is 25.0 Å². The number of para-hydroxylation sites is 1. The lowest BCUT2D eigenvalue weighted by Gasteiger charge is -2.28. The van der Waals surface area contributed by atoms with Gasteiger partial charge in [0.1, 0.15) is 11.4 Å². The van der Waals surface area contributed by atoms with E-state index in [0.717, 1.165) is 41.5 Å². The number of amides is 2. The molecule has 0 unspecified atom stereocenters. The Kier molecular flexibility index (Phi) is 2.78. The Labute approximate surface area is 155 Å². The van der Waals surface area contributed by atoms with Crippen LogP contribution in [0.15, 0.2) is 30.3 Å². The molecule has 0 radical (unpaired) electrons. The van der Waals surface area contributed by atoms with Crippen LogP contribution in [0.1, 0.15) is 45.1 Å². The lowest BCUT2D eigenvalue weighted by Crippen LogP contribution is -2.47. The average molecular weight is 361 g/mol. The molecule has 7 nitrogen and oxygen atoms in total. The highest BCUT2D eigenvalue weighted by molar-refractivity contribution is 5.99. The van der Waals surface area contributed by atoms with Gasteiger partial charge >= 0.3 is 0 Å². The van der Waals surface area contributed by atoms with Gasteiger partial charge in [-0.3, -0.25) is 14.3 Å². The lowest BCUT2D eigenvalue weighted by molar-refractivity contribution is 0.0725. The number of carbonyl (C=O) groups is 2. The van der Waals surface area contributed by atoms with Gasteiger partial charge in [-0.1, -0.05) is 18.2 Å². The van der Waals surface area contributed by atoms with Crippen LogP contribution in [0.2, 0.25) is 0 Å². The zero-order valence-electron chi connectivity index (χ0n) is 14.8. The summed E-state index contributed by atoms with van der Waals surface area (Å²) in [6.45, 7) is 1.79. The van der Waals surface area contributed by atoms with Crippen LogP contribution in [0, 0.1) is 0 Å². The number of fused-ring (bicyclic) bond motifs is 4. The molecule has 3 aliphatic rings. The van der Waals surface area contributed by atoms with E-state index in [1.54, 1.807) is 0 Å². The summed E-state index contributed by atoms with van der Waals surface area (Å²) in [6, 6.07) is 9.76. The van der Waals surface area contributed by atoms with E-state index >= 15 is 0 Å². The molecule has 2 amide bonds. The van der Waals surface area contributed by atoms with Crippen molar-refractivity contribution in [2.24, 2.45) is 0 Å². The van der Waals surface area contributed by atoms with Gasteiger partial charge in [-0.05, 0) is 25.0 Å². The van der Waals surface area contributed by atoms with Crippen molar-refractivity contribution in [1.29, 1.82) is 0 Å². The standard InChI is InChI=1S/C20H19N5O2/c26-18-17-13-10-24(19(27)16-9-12-3-1-2-4-14(12)21-16)8-5-15(13)23-25(17)11-20(22-18)6-7-20/h1-4,9,21H,5-8,10-11H2,(H,22,26). The van der Waals surface area contributed by atoms with Crippen molar-refractivity contribution in [3.8, 4) is 0 Å². The van der Waals surface area contributed by atoms with E-state index < -0.39 is 0 Å². The number of nitrogens with one attached hydrogen (secondary N) is 2. The molecule has 136 valence electrons. The van der Waals surface area contributed by atoms with Gasteiger partial charge in [-0.15, -0.1) is 0 Å². The molecule has 6 rings (SSSR count). The predicted molar refractivity (Wildman–Crippen MR) is 98.4 cm³/mol. The van der Waals surface area contributed by atoms with Gasteiger partial charge in [0.2, 0.25) is 0 Å². The Morgan fingerprint density at radius 1 is 1.22 bits per heavy atom. The predicted octanol–water partition coefficient (Wildman–Crippen LogP) is 1.84. The topological polar surface area (TPSA) is 83.0 Å². The maximum Gasteiger partial charge on any atom is 0.270 e. The molecular weight excluding hydrogens is 342 g/mol. The minimum atomic E-state index is -0.0709. The van der Waals surface area contributed by atoms with E-state index in [2.05, 4.69) is 15.4 Å². The number of aromatic nitrogens is 3. The fraction of sp³-hybridized carbons (Fsp3) is 0.350. The van der Waals surface area contributed by atoms with Crippen LogP contribution in [0.3, 0.4) is 0 Å². The van der Waals surface area contributed by atoms with E-state index in [0.29, 0.717) is 30.9 Å². The van der Waals surface area contributed by atoms with Crippen LogP contribution < -0.4 is 5.32 Å². The van der Waals surface area contributed by atoms with Crippen molar-refractivity contribution < 1.29 is 9.59 Å². The molecule has 1 spiro atoms. The molecule has 2 aromatic heterocycles. The Bertz CT molecular complexity index is 1090. The normalized spacial score (nSPS) is 19.7. The van der Waals surface area contributed by atoms with Gasteiger partial charge in [-0.2, -0.15) is 5.10 Å². The summed E-state index contributed by atoms with van der Waals surface area (Å²) in [5.41, 5.74) is 3.96. The number of H-pyrrole nitrogens is 1. The highest BCUT2D eigenvalue weighted by Crippen LogP contribution is 2.40. The van der Waals surface area contributed by atoms with Crippen LogP contribution in [0.4, 0.5) is 0 Å². The van der Waals surface area contributed by atoms with E-state index in [1.807, 2.05) is 39.9 Å². The van der Waals surface area contributed by atoms with Crippen LogP contribution in [0.25, 0.3) is 10.9 Å². The second-order valence-electron chi connectivity index (χ2n) is 7.91.